The number of esters is 1. The van der Waals surface area contributed by atoms with Crippen LogP contribution in [0.2, 0.25) is 0 Å². The summed E-state index contributed by atoms with van der Waals surface area (Å²) in [4.78, 5) is 37.3. The van der Waals surface area contributed by atoms with Gasteiger partial charge in [0.05, 0.1) is 24.5 Å². The molecule has 0 aliphatic carbocycles. The van der Waals surface area contributed by atoms with E-state index in [1.54, 1.807) is 26.0 Å². The van der Waals surface area contributed by atoms with Gasteiger partial charge >= 0.3 is 5.97 Å². The number of hydrogen-bond donors (Lipinski definition) is 3. The Kier molecular flexibility index (Phi) is 12.7. The summed E-state index contributed by atoms with van der Waals surface area (Å²) in [6, 6.07) is 8.89. The lowest BCUT2D eigenvalue weighted by Crippen LogP contribution is -2.43. The predicted octanol–water partition coefficient (Wildman–Crippen LogP) is 2.55. The highest BCUT2D eigenvalue weighted by molar-refractivity contribution is 5.86. The Morgan fingerprint density at radius 3 is 2.22 bits per heavy atom. The molecular formula is C25H36N2O5. The van der Waals surface area contributed by atoms with Gasteiger partial charge in [-0.3, -0.25) is 14.4 Å². The van der Waals surface area contributed by atoms with Crippen molar-refractivity contribution in [1.29, 1.82) is 0 Å². The van der Waals surface area contributed by atoms with Gasteiger partial charge < -0.3 is 20.5 Å². The van der Waals surface area contributed by atoms with E-state index in [-0.39, 0.29) is 49.4 Å². The first-order valence-electron chi connectivity index (χ1n) is 10.9. The monoisotopic (exact) mass is 444 g/mol. The third kappa shape index (κ3) is 10.4. The Labute approximate surface area is 190 Å². The van der Waals surface area contributed by atoms with Crippen LogP contribution in [0.4, 0.5) is 0 Å². The summed E-state index contributed by atoms with van der Waals surface area (Å²) in [6.45, 7) is 10.6. The van der Waals surface area contributed by atoms with Crippen molar-refractivity contribution in [2.45, 2.75) is 51.6 Å². The van der Waals surface area contributed by atoms with E-state index < -0.39 is 12.0 Å². The van der Waals surface area contributed by atoms with E-state index >= 15 is 0 Å². The zero-order valence-corrected chi connectivity index (χ0v) is 19.1. The summed E-state index contributed by atoms with van der Waals surface area (Å²) in [7, 11) is 0. The molecule has 4 atom stereocenters. The number of ether oxygens (including phenoxy) is 1. The zero-order valence-electron chi connectivity index (χ0n) is 19.1. The lowest BCUT2D eigenvalue weighted by molar-refractivity contribution is -0.149. The maximum Gasteiger partial charge on any atom is 0.309 e. The third-order valence-corrected chi connectivity index (χ3v) is 4.91. The molecule has 0 fully saturated rings. The van der Waals surface area contributed by atoms with Crippen molar-refractivity contribution in [3.63, 3.8) is 0 Å². The fourth-order valence-electron chi connectivity index (χ4n) is 3.18. The van der Waals surface area contributed by atoms with Crippen LogP contribution in [0.15, 0.2) is 55.6 Å². The van der Waals surface area contributed by atoms with Crippen LogP contribution < -0.4 is 10.6 Å². The number of aliphatic hydroxyl groups is 1. The molecule has 3 N–H and O–H groups in total. The van der Waals surface area contributed by atoms with Crippen LogP contribution in [0.25, 0.3) is 0 Å². The summed E-state index contributed by atoms with van der Waals surface area (Å²) in [5.41, 5.74) is 1.04. The fourth-order valence-corrected chi connectivity index (χ4v) is 3.18. The molecule has 7 nitrogen and oxygen atoms in total. The van der Waals surface area contributed by atoms with E-state index in [1.807, 2.05) is 30.3 Å². The Morgan fingerprint density at radius 2 is 1.62 bits per heavy atom. The number of allylic oxidation sites excluding steroid dienone is 2. The maximum absolute atomic E-state index is 12.6. The summed E-state index contributed by atoms with van der Waals surface area (Å²) in [5, 5.41) is 14.5. The number of aliphatic hydroxyl groups excluding tert-OH is 1. The number of hydrogen-bond acceptors (Lipinski definition) is 5. The molecule has 32 heavy (non-hydrogen) atoms. The quantitative estimate of drug-likeness (QED) is 0.285. The van der Waals surface area contributed by atoms with Gasteiger partial charge in [0.1, 0.15) is 6.61 Å². The number of rotatable bonds is 15. The van der Waals surface area contributed by atoms with Crippen LogP contribution in [0, 0.1) is 11.8 Å². The average Bonchev–Trinajstić information content (AvgIpc) is 2.77. The predicted molar refractivity (Wildman–Crippen MR) is 125 cm³/mol. The fraction of sp³-hybridized carbons (Fsp3) is 0.480. The van der Waals surface area contributed by atoms with Gasteiger partial charge in [-0.05, 0) is 38.7 Å². The first kappa shape index (κ1) is 27.1. The van der Waals surface area contributed by atoms with E-state index in [1.165, 1.54) is 0 Å². The molecule has 0 radical (unpaired) electrons. The molecule has 0 bridgehead atoms. The van der Waals surface area contributed by atoms with E-state index in [2.05, 4.69) is 23.8 Å². The second kappa shape index (κ2) is 15.0. The summed E-state index contributed by atoms with van der Waals surface area (Å²) in [6.07, 6.45) is 4.64. The smallest absolute Gasteiger partial charge is 0.309 e. The molecule has 0 saturated heterocycles. The molecule has 7 heteroatoms. The van der Waals surface area contributed by atoms with Crippen LogP contribution in [0.1, 0.15) is 38.7 Å². The number of carbonyl (C=O) groups is 3. The Bertz CT molecular complexity index is 750. The second-order valence-electron chi connectivity index (χ2n) is 8.03. The van der Waals surface area contributed by atoms with Gasteiger partial charge in [0, 0.05) is 12.5 Å². The number of carbonyl (C=O) groups excluding carboxylic acids is 3. The van der Waals surface area contributed by atoms with Crippen molar-refractivity contribution in [3.8, 4) is 0 Å². The standard InChI is InChI=1S/C25H36N2O5/c1-5-10-21(15-23(29)26-18(3)16-28)24(30)27-19(4)17-32-25(31)22(11-6-2)14-20-12-8-7-9-13-20/h5-9,12-13,18-19,21-22,28H,1-2,10-11,14-17H2,3-4H3,(H,26,29)(H,27,30)/t18-,19-,21+,22+/m0/s1. The van der Waals surface area contributed by atoms with Crippen molar-refractivity contribution in [2.24, 2.45) is 11.8 Å². The molecule has 0 aromatic heterocycles. The van der Waals surface area contributed by atoms with Crippen molar-refractivity contribution in [3.05, 3.63) is 61.2 Å². The van der Waals surface area contributed by atoms with E-state index in [0.29, 0.717) is 19.3 Å². The molecule has 0 aliphatic rings. The third-order valence-electron chi connectivity index (χ3n) is 4.91. The summed E-state index contributed by atoms with van der Waals surface area (Å²) in [5.74, 6) is -1.91. The maximum atomic E-state index is 12.6. The molecule has 2 amide bonds. The molecule has 0 unspecified atom stereocenters. The minimum absolute atomic E-state index is 0.0206. The van der Waals surface area contributed by atoms with Gasteiger partial charge in [-0.15, -0.1) is 13.2 Å². The lowest BCUT2D eigenvalue weighted by Gasteiger charge is -2.21. The number of amides is 2. The Hall–Kier alpha value is -2.93. The minimum Gasteiger partial charge on any atom is -0.463 e. The Balaban J connectivity index is 2.57. The molecular weight excluding hydrogens is 408 g/mol. The first-order chi connectivity index (χ1) is 15.3. The van der Waals surface area contributed by atoms with Crippen LogP contribution >= 0.6 is 0 Å². The molecule has 1 aromatic rings. The SMILES string of the molecule is C=CC[C@H](CC(=O)N[C@@H](C)CO)C(=O)N[C@@H](C)COC(=O)[C@H](CC=C)Cc1ccccc1. The van der Waals surface area contributed by atoms with Gasteiger partial charge in [-0.1, -0.05) is 42.5 Å². The van der Waals surface area contributed by atoms with Crippen LogP contribution in [0.3, 0.4) is 0 Å². The van der Waals surface area contributed by atoms with Gasteiger partial charge in [-0.25, -0.2) is 0 Å². The van der Waals surface area contributed by atoms with Gasteiger partial charge in [0.25, 0.3) is 0 Å². The summed E-state index contributed by atoms with van der Waals surface area (Å²) >= 11 is 0. The van der Waals surface area contributed by atoms with Crippen molar-refractivity contribution >= 4 is 17.8 Å². The van der Waals surface area contributed by atoms with Crippen molar-refractivity contribution in [1.82, 2.24) is 10.6 Å². The number of nitrogens with one attached hydrogen (secondary N) is 2. The average molecular weight is 445 g/mol. The Morgan fingerprint density at radius 1 is 1.00 bits per heavy atom. The normalized spacial score (nSPS) is 14.3. The van der Waals surface area contributed by atoms with Crippen LogP contribution in [0.5, 0.6) is 0 Å². The molecule has 176 valence electrons. The molecule has 0 saturated carbocycles. The number of benzene rings is 1. The molecule has 0 aliphatic heterocycles. The van der Waals surface area contributed by atoms with E-state index in [9.17, 15) is 14.4 Å². The lowest BCUT2D eigenvalue weighted by atomic mass is 9.96. The van der Waals surface area contributed by atoms with Crippen LogP contribution in [-0.4, -0.2) is 48.2 Å². The zero-order chi connectivity index (χ0) is 23.9. The largest absolute Gasteiger partial charge is 0.463 e. The molecule has 0 heterocycles. The van der Waals surface area contributed by atoms with E-state index in [0.717, 1.165) is 5.56 Å². The van der Waals surface area contributed by atoms with Crippen molar-refractivity contribution in [2.75, 3.05) is 13.2 Å². The molecule has 1 aromatic carbocycles. The van der Waals surface area contributed by atoms with Gasteiger partial charge in [-0.2, -0.15) is 0 Å². The van der Waals surface area contributed by atoms with Gasteiger partial charge in [0.15, 0.2) is 0 Å². The van der Waals surface area contributed by atoms with Crippen LogP contribution in [-0.2, 0) is 25.5 Å². The highest BCUT2D eigenvalue weighted by Gasteiger charge is 2.24. The minimum atomic E-state index is -0.594. The van der Waals surface area contributed by atoms with Crippen molar-refractivity contribution < 1.29 is 24.2 Å². The molecule has 0 spiro atoms. The van der Waals surface area contributed by atoms with Gasteiger partial charge in [0.2, 0.25) is 11.8 Å². The highest BCUT2D eigenvalue weighted by atomic mass is 16.5. The second-order valence-corrected chi connectivity index (χ2v) is 8.03. The molecule has 1 rings (SSSR count). The highest BCUT2D eigenvalue weighted by Crippen LogP contribution is 2.15. The summed E-state index contributed by atoms with van der Waals surface area (Å²) < 4.78 is 5.45. The van der Waals surface area contributed by atoms with E-state index in [4.69, 9.17) is 9.84 Å². The topological polar surface area (TPSA) is 105 Å². The first-order valence-corrected chi connectivity index (χ1v) is 10.9.